The molecule has 6 heteroatoms. The van der Waals surface area contributed by atoms with E-state index in [4.69, 9.17) is 9.84 Å². The van der Waals surface area contributed by atoms with Gasteiger partial charge in [0.1, 0.15) is 5.52 Å². The number of carbonyl (C=O) groups is 1. The number of hydrogen-bond acceptors (Lipinski definition) is 4. The summed E-state index contributed by atoms with van der Waals surface area (Å²) in [5, 5.41) is 17.0. The van der Waals surface area contributed by atoms with Crippen molar-refractivity contribution in [3.05, 3.63) is 23.8 Å². The number of aromatic carboxylic acids is 1. The summed E-state index contributed by atoms with van der Waals surface area (Å²) < 4.78 is 6.87. The zero-order chi connectivity index (χ0) is 13.1. The molecular weight excluding hydrogens is 234 g/mol. The van der Waals surface area contributed by atoms with E-state index in [2.05, 4.69) is 10.3 Å². The molecule has 2 aromatic rings. The molecule has 1 N–H and O–H groups in total. The zero-order valence-corrected chi connectivity index (χ0v) is 10.3. The molecule has 1 aromatic carbocycles. The van der Waals surface area contributed by atoms with Gasteiger partial charge in [0, 0.05) is 13.7 Å². The fourth-order valence-corrected chi connectivity index (χ4v) is 1.69. The molecule has 96 valence electrons. The molecule has 0 fully saturated rings. The number of carboxylic acid groups (broad SMARTS) is 1. The number of ether oxygens (including phenoxy) is 1. The van der Waals surface area contributed by atoms with Crippen molar-refractivity contribution in [2.75, 3.05) is 7.11 Å². The molecule has 2 rings (SSSR count). The first kappa shape index (κ1) is 12.5. The monoisotopic (exact) mass is 249 g/mol. The first-order valence-corrected chi connectivity index (χ1v) is 5.71. The molecule has 0 bridgehead atoms. The van der Waals surface area contributed by atoms with Crippen LogP contribution in [0, 0.1) is 0 Å². The summed E-state index contributed by atoms with van der Waals surface area (Å²) in [5.41, 5.74) is 1.68. The molecule has 1 heterocycles. The summed E-state index contributed by atoms with van der Waals surface area (Å²) in [6, 6.07) is 4.79. The number of nitrogens with zero attached hydrogens (tertiary/aromatic N) is 3. The van der Waals surface area contributed by atoms with E-state index in [1.54, 1.807) is 23.9 Å². The maximum absolute atomic E-state index is 10.9. The van der Waals surface area contributed by atoms with Crippen molar-refractivity contribution in [1.82, 2.24) is 15.0 Å². The normalized spacial score (nSPS) is 12.8. The minimum Gasteiger partial charge on any atom is -0.478 e. The van der Waals surface area contributed by atoms with E-state index in [0.29, 0.717) is 12.1 Å². The highest BCUT2D eigenvalue weighted by atomic mass is 16.5. The van der Waals surface area contributed by atoms with E-state index in [9.17, 15) is 4.79 Å². The third kappa shape index (κ3) is 2.48. The van der Waals surface area contributed by atoms with Gasteiger partial charge in [-0.2, -0.15) is 0 Å². The number of aromatic nitrogens is 3. The molecule has 0 aliphatic carbocycles. The largest absolute Gasteiger partial charge is 0.478 e. The Morgan fingerprint density at radius 2 is 2.33 bits per heavy atom. The third-order valence-electron chi connectivity index (χ3n) is 2.91. The molecule has 18 heavy (non-hydrogen) atoms. The lowest BCUT2D eigenvalue weighted by Crippen LogP contribution is -2.11. The van der Waals surface area contributed by atoms with E-state index in [0.717, 1.165) is 11.9 Å². The highest BCUT2D eigenvalue weighted by Gasteiger charge is 2.10. The Morgan fingerprint density at radius 3 is 3.00 bits per heavy atom. The molecule has 0 amide bonds. The number of aryl methyl sites for hydroxylation is 1. The Kier molecular flexibility index (Phi) is 3.57. The molecule has 0 radical (unpaired) electrons. The van der Waals surface area contributed by atoms with Crippen molar-refractivity contribution < 1.29 is 14.6 Å². The third-order valence-corrected chi connectivity index (χ3v) is 2.91. The lowest BCUT2D eigenvalue weighted by Gasteiger charge is -2.09. The van der Waals surface area contributed by atoms with Crippen LogP contribution in [0.25, 0.3) is 11.0 Å². The van der Waals surface area contributed by atoms with Gasteiger partial charge in [0.05, 0.1) is 17.2 Å². The quantitative estimate of drug-likeness (QED) is 0.870. The van der Waals surface area contributed by atoms with Crippen molar-refractivity contribution in [3.63, 3.8) is 0 Å². The number of benzene rings is 1. The molecule has 0 aliphatic heterocycles. The lowest BCUT2D eigenvalue weighted by molar-refractivity contribution is 0.0697. The minimum absolute atomic E-state index is 0.131. The van der Waals surface area contributed by atoms with E-state index < -0.39 is 5.97 Å². The fraction of sp³-hybridized carbons (Fsp3) is 0.417. The van der Waals surface area contributed by atoms with Gasteiger partial charge in [-0.15, -0.1) is 5.10 Å². The maximum atomic E-state index is 10.9. The molecule has 0 spiro atoms. The van der Waals surface area contributed by atoms with E-state index in [1.807, 2.05) is 6.92 Å². The SMILES string of the molecule is COC(C)CCn1nnc2ccc(C(=O)O)cc21. The van der Waals surface area contributed by atoms with Crippen LogP contribution in [0.15, 0.2) is 18.2 Å². The summed E-state index contributed by atoms with van der Waals surface area (Å²) in [7, 11) is 1.66. The summed E-state index contributed by atoms with van der Waals surface area (Å²) in [5.74, 6) is -0.949. The highest BCUT2D eigenvalue weighted by molar-refractivity contribution is 5.92. The van der Waals surface area contributed by atoms with Crippen LogP contribution in [0.5, 0.6) is 0 Å². The number of carboxylic acids is 1. The van der Waals surface area contributed by atoms with Crippen molar-refractivity contribution in [2.24, 2.45) is 0 Å². The number of methoxy groups -OCH3 is 1. The summed E-state index contributed by atoms with van der Waals surface area (Å²) in [4.78, 5) is 10.9. The van der Waals surface area contributed by atoms with Crippen molar-refractivity contribution in [2.45, 2.75) is 26.0 Å². The molecule has 6 nitrogen and oxygen atoms in total. The maximum Gasteiger partial charge on any atom is 0.335 e. The molecule has 1 unspecified atom stereocenters. The second-order valence-electron chi connectivity index (χ2n) is 4.16. The van der Waals surface area contributed by atoms with Gasteiger partial charge < -0.3 is 9.84 Å². The van der Waals surface area contributed by atoms with Gasteiger partial charge in [0.2, 0.25) is 0 Å². The van der Waals surface area contributed by atoms with Crippen LogP contribution in [0.1, 0.15) is 23.7 Å². The molecule has 0 aliphatic rings. The Hall–Kier alpha value is -1.95. The van der Waals surface area contributed by atoms with Crippen molar-refractivity contribution >= 4 is 17.0 Å². The van der Waals surface area contributed by atoms with E-state index >= 15 is 0 Å². The van der Waals surface area contributed by atoms with Crippen LogP contribution in [-0.4, -0.2) is 39.3 Å². The van der Waals surface area contributed by atoms with E-state index in [1.165, 1.54) is 6.07 Å². The van der Waals surface area contributed by atoms with Crippen molar-refractivity contribution in [1.29, 1.82) is 0 Å². The van der Waals surface area contributed by atoms with Crippen molar-refractivity contribution in [3.8, 4) is 0 Å². The Labute approximate surface area is 104 Å². The highest BCUT2D eigenvalue weighted by Crippen LogP contribution is 2.14. The van der Waals surface area contributed by atoms with Crippen LogP contribution in [-0.2, 0) is 11.3 Å². The fourth-order valence-electron chi connectivity index (χ4n) is 1.69. The summed E-state index contributed by atoms with van der Waals surface area (Å²) in [6.07, 6.45) is 0.929. The van der Waals surface area contributed by atoms with Crippen LogP contribution in [0.3, 0.4) is 0 Å². The minimum atomic E-state index is -0.949. The average Bonchev–Trinajstić information content (AvgIpc) is 2.78. The van der Waals surface area contributed by atoms with E-state index in [-0.39, 0.29) is 11.7 Å². The Morgan fingerprint density at radius 1 is 1.56 bits per heavy atom. The second kappa shape index (κ2) is 5.14. The number of hydrogen-bond donors (Lipinski definition) is 1. The number of rotatable bonds is 5. The first-order valence-electron chi connectivity index (χ1n) is 5.71. The van der Waals surface area contributed by atoms with Gasteiger partial charge >= 0.3 is 5.97 Å². The predicted molar refractivity (Wildman–Crippen MR) is 65.6 cm³/mol. The van der Waals surface area contributed by atoms with Crippen LogP contribution < -0.4 is 0 Å². The van der Waals surface area contributed by atoms with Crippen LogP contribution in [0.4, 0.5) is 0 Å². The van der Waals surface area contributed by atoms with Crippen LogP contribution >= 0.6 is 0 Å². The van der Waals surface area contributed by atoms with Crippen LogP contribution in [0.2, 0.25) is 0 Å². The molecule has 0 saturated heterocycles. The smallest absolute Gasteiger partial charge is 0.335 e. The zero-order valence-electron chi connectivity index (χ0n) is 10.3. The van der Waals surface area contributed by atoms with Gasteiger partial charge in [-0.3, -0.25) is 0 Å². The van der Waals surface area contributed by atoms with Gasteiger partial charge in [0.25, 0.3) is 0 Å². The average molecular weight is 249 g/mol. The summed E-state index contributed by atoms with van der Waals surface area (Å²) in [6.45, 7) is 2.62. The predicted octanol–water partition coefficient (Wildman–Crippen LogP) is 1.55. The van der Waals surface area contributed by atoms with Gasteiger partial charge in [-0.1, -0.05) is 5.21 Å². The first-order chi connectivity index (χ1) is 8.61. The molecule has 1 atom stereocenters. The second-order valence-corrected chi connectivity index (χ2v) is 4.16. The standard InChI is InChI=1S/C12H15N3O3/c1-8(18-2)5-6-15-11-7-9(12(16)17)3-4-10(11)13-14-15/h3-4,7-8H,5-6H2,1-2H3,(H,16,17). The Bertz CT molecular complexity index is 565. The van der Waals surface area contributed by atoms with Gasteiger partial charge in [-0.05, 0) is 31.5 Å². The number of fused-ring (bicyclic) bond motifs is 1. The lowest BCUT2D eigenvalue weighted by atomic mass is 10.2. The topological polar surface area (TPSA) is 77.2 Å². The van der Waals surface area contributed by atoms with Gasteiger partial charge in [-0.25, -0.2) is 9.48 Å². The Balaban J connectivity index is 2.28. The summed E-state index contributed by atoms with van der Waals surface area (Å²) >= 11 is 0. The van der Waals surface area contributed by atoms with Gasteiger partial charge in [0.15, 0.2) is 0 Å². The molecule has 1 aromatic heterocycles. The molecule has 0 saturated carbocycles. The molecular formula is C12H15N3O3.